The van der Waals surface area contributed by atoms with Crippen molar-refractivity contribution in [3.8, 4) is 5.75 Å². The minimum atomic E-state index is -5.08. The maximum atomic E-state index is 13.3. The standard InChI is InChI=1S/C24H34N8O8S.C2HF3O2/c25-24(26)27-7-1-2-14-20(37)28-10-18(34)29-16(9-19(35)36)22(39)31-15(8-12-3-5-13(33)6-4-12)21(38)32-17(11-41)23(40)30-14;3-2(4,5)1(6)7/h3-6,14-17,33,41H,1-2,7-11H2,(H,28,37)(H,29,34)(H,30,40)(H,31,39)(H,32,38)(H,35,36)(H4,25,26,27);(H,6,7)/t14-,15+,16-,17-;/m0./s1. The molecule has 2 rings (SSSR count). The molecule has 0 aromatic heterocycles. The van der Waals surface area contributed by atoms with E-state index in [1.165, 1.54) is 24.3 Å². The number of carboxylic acids is 2. The quantitative estimate of drug-likeness (QED) is 0.0533. The van der Waals surface area contributed by atoms with Gasteiger partial charge in [0.05, 0.1) is 13.0 Å². The lowest BCUT2D eigenvalue weighted by Crippen LogP contribution is -2.58. The van der Waals surface area contributed by atoms with E-state index < -0.39 is 84.8 Å². The number of aromatic hydroxyl groups is 1. The molecule has 1 aromatic rings. The number of nitrogens with zero attached hydrogens (tertiary/aromatic N) is 1. The third-order valence-corrected chi connectivity index (χ3v) is 6.46. The van der Waals surface area contributed by atoms with Crippen LogP contribution in [0.25, 0.3) is 0 Å². The molecule has 266 valence electrons. The Bertz CT molecular complexity index is 1360. The van der Waals surface area contributed by atoms with Gasteiger partial charge in [0.15, 0.2) is 5.96 Å². The van der Waals surface area contributed by atoms with Crippen LogP contribution >= 0.6 is 12.6 Å². The molecule has 1 saturated heterocycles. The van der Waals surface area contributed by atoms with Crippen molar-refractivity contribution >= 4 is 60.1 Å². The van der Waals surface area contributed by atoms with Gasteiger partial charge in [0.2, 0.25) is 29.5 Å². The highest BCUT2D eigenvalue weighted by molar-refractivity contribution is 7.80. The molecule has 4 atom stereocenters. The van der Waals surface area contributed by atoms with Crippen molar-refractivity contribution in [2.75, 3.05) is 18.8 Å². The van der Waals surface area contributed by atoms with Crippen LogP contribution in [0.4, 0.5) is 13.2 Å². The van der Waals surface area contributed by atoms with Crippen LogP contribution in [0, 0.1) is 0 Å². The van der Waals surface area contributed by atoms with Crippen molar-refractivity contribution in [2.45, 2.75) is 56.0 Å². The van der Waals surface area contributed by atoms with E-state index in [2.05, 4.69) is 44.2 Å². The first-order valence-electron chi connectivity index (χ1n) is 13.8. The number of carbonyl (C=O) groups is 7. The highest BCUT2D eigenvalue weighted by atomic mass is 32.1. The number of thiol groups is 1. The van der Waals surface area contributed by atoms with Gasteiger partial charge in [0, 0.05) is 18.7 Å². The van der Waals surface area contributed by atoms with Gasteiger partial charge in [0.1, 0.15) is 29.9 Å². The summed E-state index contributed by atoms with van der Waals surface area (Å²) in [5, 5.41) is 38.0. The van der Waals surface area contributed by atoms with Crippen LogP contribution in [-0.2, 0) is 40.0 Å². The SMILES string of the molecule is NC(N)=NCCC[C@@H]1NC(=O)[C@H](CS)NC(=O)[C@@H](Cc2ccc(O)cc2)NC(=O)[C@H](CC(=O)O)NC(=O)CNC1=O.O=C(O)C(F)(F)F. The maximum absolute atomic E-state index is 13.3. The summed E-state index contributed by atoms with van der Waals surface area (Å²) in [6, 6.07) is 0.451. The van der Waals surface area contributed by atoms with Crippen molar-refractivity contribution in [1.82, 2.24) is 26.6 Å². The van der Waals surface area contributed by atoms with Gasteiger partial charge in [-0.05, 0) is 30.5 Å². The molecule has 0 unspecified atom stereocenters. The molecule has 48 heavy (non-hydrogen) atoms. The Morgan fingerprint density at radius 1 is 0.854 bits per heavy atom. The number of hydrogen-bond donors (Lipinski definition) is 11. The number of benzene rings is 1. The number of aliphatic imine (C=N–C) groups is 1. The van der Waals surface area contributed by atoms with E-state index in [4.69, 9.17) is 21.4 Å². The maximum Gasteiger partial charge on any atom is 0.490 e. The fourth-order valence-corrected chi connectivity index (χ4v) is 4.04. The van der Waals surface area contributed by atoms with Gasteiger partial charge in [-0.15, -0.1) is 0 Å². The second-order valence-electron chi connectivity index (χ2n) is 9.92. The number of phenolic OH excluding ortho intramolecular Hbond substituents is 1. The number of nitrogens with two attached hydrogens (primary N) is 2. The monoisotopic (exact) mass is 708 g/mol. The molecule has 12 N–H and O–H groups in total. The van der Waals surface area contributed by atoms with Crippen molar-refractivity contribution in [3.05, 3.63) is 29.8 Å². The first-order valence-corrected chi connectivity index (χ1v) is 14.4. The minimum absolute atomic E-state index is 0.0311. The van der Waals surface area contributed by atoms with Gasteiger partial charge < -0.3 is 53.4 Å². The second kappa shape index (κ2) is 19.4. The van der Waals surface area contributed by atoms with Crippen LogP contribution in [0.5, 0.6) is 5.75 Å². The topological polar surface area (TPSA) is 305 Å². The molecule has 1 heterocycles. The molecular formula is C26H35F3N8O10S. The number of phenols is 1. The van der Waals surface area contributed by atoms with E-state index in [0.717, 1.165) is 0 Å². The first kappa shape index (κ1) is 40.7. The summed E-state index contributed by atoms with van der Waals surface area (Å²) in [5.74, 6) is -8.71. The number of halogens is 3. The summed E-state index contributed by atoms with van der Waals surface area (Å²) in [6.45, 7) is -0.481. The Morgan fingerprint density at radius 3 is 1.90 bits per heavy atom. The average Bonchev–Trinajstić information content (AvgIpc) is 2.99. The zero-order chi connectivity index (χ0) is 36.6. The van der Waals surface area contributed by atoms with Gasteiger partial charge >= 0.3 is 18.1 Å². The van der Waals surface area contributed by atoms with Crippen LogP contribution in [-0.4, -0.2) is 112 Å². The number of hydrogen-bond acceptors (Lipinski definition) is 10. The van der Waals surface area contributed by atoms with Crippen LogP contribution < -0.4 is 38.1 Å². The summed E-state index contributed by atoms with van der Waals surface area (Å²) in [7, 11) is 0. The molecule has 5 amide bonds. The second-order valence-corrected chi connectivity index (χ2v) is 10.3. The predicted molar refractivity (Wildman–Crippen MR) is 162 cm³/mol. The lowest BCUT2D eigenvalue weighted by Gasteiger charge is -2.25. The molecule has 18 nitrogen and oxygen atoms in total. The highest BCUT2D eigenvalue weighted by Crippen LogP contribution is 2.13. The third kappa shape index (κ3) is 15.3. The first-order chi connectivity index (χ1) is 22.3. The molecule has 0 spiro atoms. The summed E-state index contributed by atoms with van der Waals surface area (Å²) in [6.07, 6.45) is -5.67. The highest BCUT2D eigenvalue weighted by Gasteiger charge is 2.38. The Labute approximate surface area is 275 Å². The number of amides is 5. The third-order valence-electron chi connectivity index (χ3n) is 6.10. The Morgan fingerprint density at radius 2 is 1.38 bits per heavy atom. The van der Waals surface area contributed by atoms with Gasteiger partial charge in [-0.3, -0.25) is 33.8 Å². The normalized spacial score (nSPS) is 20.9. The summed E-state index contributed by atoms with van der Waals surface area (Å²) >= 11 is 4.14. The van der Waals surface area contributed by atoms with E-state index in [1.54, 1.807) is 0 Å². The van der Waals surface area contributed by atoms with E-state index in [9.17, 15) is 52.2 Å². The van der Waals surface area contributed by atoms with Gasteiger partial charge in [-0.25, -0.2) is 4.79 Å². The molecule has 1 aliphatic heterocycles. The molecule has 0 saturated carbocycles. The van der Waals surface area contributed by atoms with Gasteiger partial charge in [-0.1, -0.05) is 12.1 Å². The zero-order valence-corrected chi connectivity index (χ0v) is 25.8. The molecule has 0 bridgehead atoms. The molecule has 22 heteroatoms. The van der Waals surface area contributed by atoms with Crippen LogP contribution in [0.1, 0.15) is 24.8 Å². The molecule has 1 fully saturated rings. The number of carbonyl (C=O) groups excluding carboxylic acids is 5. The van der Waals surface area contributed by atoms with Crippen LogP contribution in [0.3, 0.4) is 0 Å². The smallest absolute Gasteiger partial charge is 0.490 e. The predicted octanol–water partition coefficient (Wildman–Crippen LogP) is -2.90. The number of guanidine groups is 1. The Hall–Kier alpha value is -5.28. The minimum Gasteiger partial charge on any atom is -0.508 e. The lowest BCUT2D eigenvalue weighted by atomic mass is 10.0. The Kier molecular flexibility index (Phi) is 16.5. The van der Waals surface area contributed by atoms with Gasteiger partial charge in [-0.2, -0.15) is 25.8 Å². The number of aliphatic carboxylic acids is 2. The van der Waals surface area contributed by atoms with Crippen molar-refractivity contribution < 1.29 is 62.1 Å². The molecule has 0 aliphatic carbocycles. The van der Waals surface area contributed by atoms with Crippen molar-refractivity contribution in [3.63, 3.8) is 0 Å². The largest absolute Gasteiger partial charge is 0.508 e. The number of rotatable bonds is 9. The molecule has 0 radical (unpaired) electrons. The number of carboxylic acid groups (broad SMARTS) is 2. The van der Waals surface area contributed by atoms with Crippen LogP contribution in [0.15, 0.2) is 29.3 Å². The van der Waals surface area contributed by atoms with E-state index in [-0.39, 0.29) is 43.3 Å². The zero-order valence-electron chi connectivity index (χ0n) is 25.0. The molecular weight excluding hydrogens is 673 g/mol. The molecule has 1 aromatic carbocycles. The summed E-state index contributed by atoms with van der Waals surface area (Å²) < 4.78 is 31.7. The van der Waals surface area contributed by atoms with E-state index in [0.29, 0.717) is 5.56 Å². The Balaban J connectivity index is 0.00000148. The number of nitrogens with one attached hydrogen (secondary N) is 5. The fourth-order valence-electron chi connectivity index (χ4n) is 3.78. The fraction of sp³-hybridized carbons (Fsp3) is 0.462. The van der Waals surface area contributed by atoms with E-state index >= 15 is 0 Å². The summed E-state index contributed by atoms with van der Waals surface area (Å²) in [4.78, 5) is 88.9. The van der Waals surface area contributed by atoms with Crippen molar-refractivity contribution in [1.29, 1.82) is 0 Å². The van der Waals surface area contributed by atoms with E-state index in [1.807, 2.05) is 0 Å². The average molecular weight is 709 g/mol. The van der Waals surface area contributed by atoms with Crippen molar-refractivity contribution in [2.24, 2.45) is 16.5 Å². The molecule has 1 aliphatic rings. The van der Waals surface area contributed by atoms with Gasteiger partial charge in [0.25, 0.3) is 0 Å². The van der Waals surface area contributed by atoms with Crippen LogP contribution in [0.2, 0.25) is 0 Å². The number of alkyl halides is 3. The summed E-state index contributed by atoms with van der Waals surface area (Å²) in [5.41, 5.74) is 11.1. The lowest BCUT2D eigenvalue weighted by molar-refractivity contribution is -0.192.